The van der Waals surface area contributed by atoms with E-state index in [4.69, 9.17) is 10.9 Å². The van der Waals surface area contributed by atoms with Crippen LogP contribution in [0.5, 0.6) is 0 Å². The van der Waals surface area contributed by atoms with Gasteiger partial charge in [-0.25, -0.2) is 4.79 Å². The summed E-state index contributed by atoms with van der Waals surface area (Å²) in [5.74, 6) is 1.13. The van der Waals surface area contributed by atoms with Crippen molar-refractivity contribution in [1.82, 2.24) is 9.80 Å². The molecule has 2 heterocycles. The highest BCUT2D eigenvalue weighted by Gasteiger charge is 2.29. The number of urea groups is 1. The summed E-state index contributed by atoms with van der Waals surface area (Å²) in [6.45, 7) is 5.39. The summed E-state index contributed by atoms with van der Waals surface area (Å²) < 4.78 is 0. The molecule has 2 aliphatic heterocycles. The second-order valence-electron chi connectivity index (χ2n) is 5.74. The van der Waals surface area contributed by atoms with E-state index < -0.39 is 0 Å². The fraction of sp³-hybridized carbons (Fsp3) is 0.846. The summed E-state index contributed by atoms with van der Waals surface area (Å²) in [6, 6.07) is 0.157. The predicted molar refractivity (Wildman–Crippen MR) is 73.1 cm³/mol. The van der Waals surface area contributed by atoms with Crippen LogP contribution < -0.4 is 5.73 Å². The van der Waals surface area contributed by atoms with Crippen molar-refractivity contribution >= 4 is 11.9 Å². The van der Waals surface area contributed by atoms with Gasteiger partial charge in [0.05, 0.1) is 0 Å². The maximum atomic E-state index is 12.3. The molecule has 2 aliphatic rings. The van der Waals surface area contributed by atoms with Gasteiger partial charge in [-0.3, -0.25) is 0 Å². The van der Waals surface area contributed by atoms with Gasteiger partial charge in [0.1, 0.15) is 5.84 Å². The van der Waals surface area contributed by atoms with Gasteiger partial charge in [-0.1, -0.05) is 12.1 Å². The molecule has 2 saturated heterocycles. The van der Waals surface area contributed by atoms with E-state index in [1.165, 1.54) is 0 Å². The molecule has 6 heteroatoms. The second-order valence-corrected chi connectivity index (χ2v) is 5.74. The van der Waals surface area contributed by atoms with E-state index in [-0.39, 0.29) is 11.9 Å². The first kappa shape index (κ1) is 14.0. The summed E-state index contributed by atoms with van der Waals surface area (Å²) in [5.41, 5.74) is 5.61. The summed E-state index contributed by atoms with van der Waals surface area (Å²) >= 11 is 0. The van der Waals surface area contributed by atoms with Gasteiger partial charge >= 0.3 is 6.03 Å². The first-order valence-electron chi connectivity index (χ1n) is 7.13. The zero-order valence-electron chi connectivity index (χ0n) is 11.6. The first-order chi connectivity index (χ1) is 9.11. The van der Waals surface area contributed by atoms with Crippen molar-refractivity contribution in [1.29, 1.82) is 0 Å². The van der Waals surface area contributed by atoms with Crippen LogP contribution in [0.25, 0.3) is 0 Å². The van der Waals surface area contributed by atoms with E-state index >= 15 is 0 Å². The minimum Gasteiger partial charge on any atom is -0.409 e. The number of nitrogens with two attached hydrogens (primary N) is 1. The number of amidine groups is 1. The van der Waals surface area contributed by atoms with E-state index in [1.807, 2.05) is 9.80 Å². The lowest BCUT2D eigenvalue weighted by molar-refractivity contribution is 0.123. The minimum atomic E-state index is 0.107. The van der Waals surface area contributed by atoms with Crippen LogP contribution >= 0.6 is 0 Å². The standard InChI is InChI=1S/C13H24N4O2/c1-10-2-6-16(7-3-10)13(18)17-8-4-11(5-9-17)12(14)15-19/h10-11,19H,2-9H2,1H3,(H2,14,15). The van der Waals surface area contributed by atoms with Crippen molar-refractivity contribution in [3.8, 4) is 0 Å². The number of nitrogens with zero attached hydrogens (tertiary/aromatic N) is 3. The highest BCUT2D eigenvalue weighted by molar-refractivity contribution is 5.82. The van der Waals surface area contributed by atoms with Gasteiger partial charge in [0.2, 0.25) is 0 Å². The van der Waals surface area contributed by atoms with Crippen LogP contribution in [0.3, 0.4) is 0 Å². The molecule has 6 nitrogen and oxygen atoms in total. The molecule has 0 aromatic rings. The summed E-state index contributed by atoms with van der Waals surface area (Å²) in [4.78, 5) is 16.2. The number of hydrogen-bond acceptors (Lipinski definition) is 3. The monoisotopic (exact) mass is 268 g/mol. The van der Waals surface area contributed by atoms with Gasteiger partial charge in [-0.15, -0.1) is 0 Å². The normalized spacial score (nSPS) is 23.7. The van der Waals surface area contributed by atoms with Crippen LogP contribution in [0.15, 0.2) is 5.16 Å². The number of carbonyl (C=O) groups excluding carboxylic acids is 1. The third-order valence-electron chi connectivity index (χ3n) is 4.35. The molecule has 0 bridgehead atoms. The highest BCUT2D eigenvalue weighted by Crippen LogP contribution is 2.21. The molecular formula is C13H24N4O2. The number of hydrogen-bond donors (Lipinski definition) is 2. The minimum absolute atomic E-state index is 0.107. The van der Waals surface area contributed by atoms with Crippen LogP contribution in [0.2, 0.25) is 0 Å². The quantitative estimate of drug-likeness (QED) is 0.325. The number of amides is 2. The number of oxime groups is 1. The lowest BCUT2D eigenvalue weighted by Crippen LogP contribution is -2.50. The smallest absolute Gasteiger partial charge is 0.319 e. The summed E-state index contributed by atoms with van der Waals surface area (Å²) in [7, 11) is 0. The fourth-order valence-corrected chi connectivity index (χ4v) is 2.85. The van der Waals surface area contributed by atoms with E-state index in [9.17, 15) is 4.79 Å². The number of likely N-dealkylation sites (tertiary alicyclic amines) is 2. The molecule has 2 fully saturated rings. The number of piperidine rings is 2. The Morgan fingerprint density at radius 1 is 1.11 bits per heavy atom. The molecule has 0 aliphatic carbocycles. The Hall–Kier alpha value is -1.46. The van der Waals surface area contributed by atoms with Crippen LogP contribution in [-0.4, -0.2) is 53.1 Å². The van der Waals surface area contributed by atoms with Gasteiger partial charge in [-0.05, 0) is 31.6 Å². The highest BCUT2D eigenvalue weighted by atomic mass is 16.4. The van der Waals surface area contributed by atoms with E-state index in [0.717, 1.165) is 44.7 Å². The Bertz CT molecular complexity index is 343. The lowest BCUT2D eigenvalue weighted by Gasteiger charge is -2.38. The first-order valence-corrected chi connectivity index (χ1v) is 7.13. The maximum Gasteiger partial charge on any atom is 0.319 e. The van der Waals surface area contributed by atoms with Crippen molar-refractivity contribution in [2.24, 2.45) is 22.7 Å². The third kappa shape index (κ3) is 3.30. The molecule has 19 heavy (non-hydrogen) atoms. The molecular weight excluding hydrogens is 244 g/mol. The van der Waals surface area contributed by atoms with Crippen molar-refractivity contribution in [2.45, 2.75) is 32.6 Å². The molecule has 2 rings (SSSR count). The molecule has 0 aromatic carbocycles. The Morgan fingerprint density at radius 2 is 1.58 bits per heavy atom. The van der Waals surface area contributed by atoms with Crippen molar-refractivity contribution in [3.05, 3.63) is 0 Å². The topological polar surface area (TPSA) is 82.2 Å². The summed E-state index contributed by atoms with van der Waals surface area (Å²) in [5, 5.41) is 11.7. The van der Waals surface area contributed by atoms with Gasteiger partial charge in [0.15, 0.2) is 0 Å². The SMILES string of the molecule is CC1CCN(C(=O)N2CCC(C(N)=NO)CC2)CC1. The third-order valence-corrected chi connectivity index (χ3v) is 4.35. The molecule has 0 saturated carbocycles. The van der Waals surface area contributed by atoms with Gasteiger partial charge in [-0.2, -0.15) is 0 Å². The molecule has 0 aromatic heterocycles. The predicted octanol–water partition coefficient (Wildman–Crippen LogP) is 1.30. The number of carbonyl (C=O) groups is 1. The van der Waals surface area contributed by atoms with E-state index in [1.54, 1.807) is 0 Å². The van der Waals surface area contributed by atoms with Crippen molar-refractivity contribution in [3.63, 3.8) is 0 Å². The summed E-state index contributed by atoms with van der Waals surface area (Å²) in [6.07, 6.45) is 3.77. The maximum absolute atomic E-state index is 12.3. The van der Waals surface area contributed by atoms with E-state index in [0.29, 0.717) is 18.9 Å². The molecule has 2 amide bonds. The molecule has 3 N–H and O–H groups in total. The molecule has 0 unspecified atom stereocenters. The van der Waals surface area contributed by atoms with Crippen LogP contribution in [-0.2, 0) is 0 Å². The fourth-order valence-electron chi connectivity index (χ4n) is 2.85. The average Bonchev–Trinajstić information content (AvgIpc) is 2.46. The van der Waals surface area contributed by atoms with Crippen molar-refractivity contribution in [2.75, 3.05) is 26.2 Å². The Morgan fingerprint density at radius 3 is 2.05 bits per heavy atom. The van der Waals surface area contributed by atoms with Crippen molar-refractivity contribution < 1.29 is 10.0 Å². The van der Waals surface area contributed by atoms with Gasteiger partial charge < -0.3 is 20.7 Å². The molecule has 108 valence electrons. The van der Waals surface area contributed by atoms with Crippen LogP contribution in [0.1, 0.15) is 32.6 Å². The average molecular weight is 268 g/mol. The van der Waals surface area contributed by atoms with Crippen LogP contribution in [0, 0.1) is 11.8 Å². The second kappa shape index (κ2) is 6.12. The van der Waals surface area contributed by atoms with E-state index in [2.05, 4.69) is 12.1 Å². The van der Waals surface area contributed by atoms with Gasteiger partial charge in [0.25, 0.3) is 0 Å². The lowest BCUT2D eigenvalue weighted by atomic mass is 9.95. The Kier molecular flexibility index (Phi) is 4.50. The van der Waals surface area contributed by atoms with Gasteiger partial charge in [0, 0.05) is 32.1 Å². The molecule has 0 atom stereocenters. The number of rotatable bonds is 1. The zero-order valence-corrected chi connectivity index (χ0v) is 11.6. The zero-order chi connectivity index (χ0) is 13.8. The Labute approximate surface area is 114 Å². The Balaban J connectivity index is 1.82. The molecule has 0 radical (unpaired) electrons. The largest absolute Gasteiger partial charge is 0.409 e. The molecule has 0 spiro atoms. The van der Waals surface area contributed by atoms with Crippen LogP contribution in [0.4, 0.5) is 4.79 Å².